The van der Waals surface area contributed by atoms with Gasteiger partial charge in [-0.1, -0.05) is 6.07 Å². The molecule has 1 aromatic carbocycles. The first-order chi connectivity index (χ1) is 12.5. The molecule has 1 atom stereocenters. The number of methoxy groups -OCH3 is 1. The van der Waals surface area contributed by atoms with E-state index >= 15 is 0 Å². The number of hydrogen-bond acceptors (Lipinski definition) is 5. The highest BCUT2D eigenvalue weighted by molar-refractivity contribution is 5.78. The third kappa shape index (κ3) is 4.62. The second-order valence-electron chi connectivity index (χ2n) is 6.78. The summed E-state index contributed by atoms with van der Waals surface area (Å²) in [5, 5.41) is 14.1. The first-order valence-electron chi connectivity index (χ1n) is 8.87. The second-order valence-corrected chi connectivity index (χ2v) is 6.78. The van der Waals surface area contributed by atoms with Crippen LogP contribution in [0.5, 0.6) is 5.75 Å². The number of β-amino-alcohol motifs (C(OH)–C–C–N with tert-alkyl or cyclic N) is 1. The number of carbonyl (C=O) groups excluding carboxylic acids is 1. The molecular weight excluding hydrogens is 332 g/mol. The van der Waals surface area contributed by atoms with Crippen LogP contribution in [0, 0.1) is 0 Å². The molecule has 1 aliphatic heterocycles. The zero-order valence-electron chi connectivity index (χ0n) is 15.3. The summed E-state index contributed by atoms with van der Waals surface area (Å²) in [5.74, 6) is 0.823. The normalized spacial score (nSPS) is 17.9. The number of benzene rings is 1. The van der Waals surface area contributed by atoms with Crippen LogP contribution in [0.4, 0.5) is 0 Å². The first kappa shape index (κ1) is 18.4. The summed E-state index contributed by atoms with van der Waals surface area (Å²) in [4.78, 5) is 16.2. The SMILES string of the molecule is COc1cccc(-n2cc(CN(C)C(=O)CN3CCC[C@@H](O)C3)cn2)c1. The predicted molar refractivity (Wildman–Crippen MR) is 98.3 cm³/mol. The summed E-state index contributed by atoms with van der Waals surface area (Å²) in [6.07, 6.45) is 5.13. The van der Waals surface area contributed by atoms with E-state index in [2.05, 4.69) is 5.10 Å². The van der Waals surface area contributed by atoms with E-state index in [0.717, 1.165) is 36.4 Å². The van der Waals surface area contributed by atoms with E-state index in [-0.39, 0.29) is 12.0 Å². The van der Waals surface area contributed by atoms with Crippen molar-refractivity contribution in [1.29, 1.82) is 0 Å². The molecule has 0 saturated carbocycles. The molecule has 0 aliphatic carbocycles. The molecule has 1 aromatic heterocycles. The zero-order valence-corrected chi connectivity index (χ0v) is 15.3. The number of hydrogen-bond donors (Lipinski definition) is 1. The third-order valence-corrected chi connectivity index (χ3v) is 4.64. The van der Waals surface area contributed by atoms with Gasteiger partial charge in [-0.25, -0.2) is 4.68 Å². The maximum atomic E-state index is 12.4. The smallest absolute Gasteiger partial charge is 0.236 e. The average molecular weight is 358 g/mol. The molecule has 2 heterocycles. The van der Waals surface area contributed by atoms with Gasteiger partial charge in [-0.05, 0) is 31.5 Å². The highest BCUT2D eigenvalue weighted by Crippen LogP contribution is 2.17. The van der Waals surface area contributed by atoms with E-state index in [9.17, 15) is 9.90 Å². The minimum Gasteiger partial charge on any atom is -0.497 e. The number of piperidine rings is 1. The van der Waals surface area contributed by atoms with Gasteiger partial charge >= 0.3 is 0 Å². The van der Waals surface area contributed by atoms with Gasteiger partial charge in [0.25, 0.3) is 0 Å². The minimum absolute atomic E-state index is 0.0493. The molecular formula is C19H26N4O3. The maximum absolute atomic E-state index is 12.4. The van der Waals surface area contributed by atoms with E-state index in [1.54, 1.807) is 29.9 Å². The lowest BCUT2D eigenvalue weighted by molar-refractivity contribution is -0.132. The molecule has 0 spiro atoms. The fraction of sp³-hybridized carbons (Fsp3) is 0.474. The lowest BCUT2D eigenvalue weighted by Crippen LogP contribution is -2.44. The summed E-state index contributed by atoms with van der Waals surface area (Å²) in [6, 6.07) is 7.67. The van der Waals surface area contributed by atoms with Gasteiger partial charge in [0, 0.05) is 38.0 Å². The summed E-state index contributed by atoms with van der Waals surface area (Å²) in [7, 11) is 3.43. The van der Waals surface area contributed by atoms with Crippen molar-refractivity contribution in [2.45, 2.75) is 25.5 Å². The first-order valence-corrected chi connectivity index (χ1v) is 8.87. The van der Waals surface area contributed by atoms with Gasteiger partial charge in [0.2, 0.25) is 5.91 Å². The van der Waals surface area contributed by atoms with Crippen LogP contribution < -0.4 is 4.74 Å². The van der Waals surface area contributed by atoms with Crippen LogP contribution in [-0.2, 0) is 11.3 Å². The van der Waals surface area contributed by atoms with Gasteiger partial charge in [-0.15, -0.1) is 0 Å². The van der Waals surface area contributed by atoms with Gasteiger partial charge in [-0.3, -0.25) is 9.69 Å². The molecule has 140 valence electrons. The molecule has 7 nitrogen and oxygen atoms in total. The number of aliphatic hydroxyl groups is 1. The lowest BCUT2D eigenvalue weighted by atomic mass is 10.1. The van der Waals surface area contributed by atoms with Crippen LogP contribution in [-0.4, -0.2) is 70.5 Å². The number of likely N-dealkylation sites (N-methyl/N-ethyl adjacent to an activating group) is 1. The molecule has 2 aromatic rings. The number of carbonyl (C=O) groups is 1. The molecule has 7 heteroatoms. The van der Waals surface area contributed by atoms with Crippen molar-refractivity contribution >= 4 is 5.91 Å². The van der Waals surface area contributed by atoms with Crippen molar-refractivity contribution < 1.29 is 14.6 Å². The van der Waals surface area contributed by atoms with Crippen LogP contribution in [0.2, 0.25) is 0 Å². The van der Waals surface area contributed by atoms with Crippen LogP contribution >= 0.6 is 0 Å². The van der Waals surface area contributed by atoms with Crippen molar-refractivity contribution in [3.63, 3.8) is 0 Å². The van der Waals surface area contributed by atoms with Crippen molar-refractivity contribution in [1.82, 2.24) is 19.6 Å². The standard InChI is InChI=1S/C19H26N4O3/c1-21(19(25)14-22-8-4-6-17(24)13-22)11-15-10-20-23(12-15)16-5-3-7-18(9-16)26-2/h3,5,7,9-10,12,17,24H,4,6,8,11,13-14H2,1-2H3/t17-/m1/s1. The molecule has 1 aliphatic rings. The van der Waals surface area contributed by atoms with Gasteiger partial charge in [0.15, 0.2) is 0 Å². The Hall–Kier alpha value is -2.38. The van der Waals surface area contributed by atoms with E-state index in [1.807, 2.05) is 35.4 Å². The highest BCUT2D eigenvalue weighted by Gasteiger charge is 2.21. The van der Waals surface area contributed by atoms with E-state index in [4.69, 9.17) is 4.74 Å². The summed E-state index contributed by atoms with van der Waals surface area (Å²) < 4.78 is 7.02. The molecule has 0 radical (unpaired) electrons. The maximum Gasteiger partial charge on any atom is 0.236 e. The Morgan fingerprint density at radius 3 is 3.08 bits per heavy atom. The second kappa shape index (κ2) is 8.33. The molecule has 26 heavy (non-hydrogen) atoms. The van der Waals surface area contributed by atoms with Crippen LogP contribution in [0.25, 0.3) is 5.69 Å². The lowest BCUT2D eigenvalue weighted by Gasteiger charge is -2.30. The predicted octanol–water partition coefficient (Wildman–Crippen LogP) is 1.30. The monoisotopic (exact) mass is 358 g/mol. The number of ether oxygens (including phenoxy) is 1. The summed E-state index contributed by atoms with van der Waals surface area (Å²) in [5.41, 5.74) is 1.87. The number of aliphatic hydroxyl groups excluding tert-OH is 1. The zero-order chi connectivity index (χ0) is 18.5. The van der Waals surface area contributed by atoms with Crippen LogP contribution in [0.15, 0.2) is 36.7 Å². The van der Waals surface area contributed by atoms with Gasteiger partial charge in [-0.2, -0.15) is 5.10 Å². The number of rotatable bonds is 6. The number of amides is 1. The molecule has 1 amide bonds. The highest BCUT2D eigenvalue weighted by atomic mass is 16.5. The molecule has 0 unspecified atom stereocenters. The largest absolute Gasteiger partial charge is 0.497 e. The molecule has 3 rings (SSSR count). The summed E-state index contributed by atoms with van der Waals surface area (Å²) in [6.45, 7) is 2.29. The van der Waals surface area contributed by atoms with Crippen molar-refractivity contribution in [3.05, 3.63) is 42.2 Å². The van der Waals surface area contributed by atoms with Gasteiger partial charge < -0.3 is 14.7 Å². The Morgan fingerprint density at radius 2 is 2.31 bits per heavy atom. The quantitative estimate of drug-likeness (QED) is 0.843. The average Bonchev–Trinajstić information content (AvgIpc) is 3.10. The van der Waals surface area contributed by atoms with E-state index in [1.165, 1.54) is 0 Å². The fourth-order valence-electron chi connectivity index (χ4n) is 3.18. The van der Waals surface area contributed by atoms with Crippen LogP contribution in [0.1, 0.15) is 18.4 Å². The Kier molecular flexibility index (Phi) is 5.90. The molecule has 1 N–H and O–H groups in total. The Balaban J connectivity index is 1.58. The minimum atomic E-state index is -0.317. The Morgan fingerprint density at radius 1 is 1.46 bits per heavy atom. The Labute approximate surface area is 153 Å². The van der Waals surface area contributed by atoms with Crippen molar-refractivity contribution in [2.75, 3.05) is 33.8 Å². The van der Waals surface area contributed by atoms with Gasteiger partial charge in [0.05, 0.1) is 31.6 Å². The molecule has 1 saturated heterocycles. The van der Waals surface area contributed by atoms with E-state index in [0.29, 0.717) is 19.6 Å². The number of nitrogens with zero attached hydrogens (tertiary/aromatic N) is 4. The Bertz CT molecular complexity index is 746. The fourth-order valence-corrected chi connectivity index (χ4v) is 3.18. The summed E-state index contributed by atoms with van der Waals surface area (Å²) >= 11 is 0. The van der Waals surface area contributed by atoms with E-state index < -0.39 is 0 Å². The van der Waals surface area contributed by atoms with Crippen molar-refractivity contribution in [3.8, 4) is 11.4 Å². The molecule has 1 fully saturated rings. The number of aromatic nitrogens is 2. The van der Waals surface area contributed by atoms with Gasteiger partial charge in [0.1, 0.15) is 5.75 Å². The van der Waals surface area contributed by atoms with Crippen molar-refractivity contribution in [2.24, 2.45) is 0 Å². The topological polar surface area (TPSA) is 70.8 Å². The van der Waals surface area contributed by atoms with Crippen LogP contribution in [0.3, 0.4) is 0 Å². The third-order valence-electron chi connectivity index (χ3n) is 4.64. The molecule has 0 bridgehead atoms. The number of likely N-dealkylation sites (tertiary alicyclic amines) is 1.